The third-order valence-electron chi connectivity index (χ3n) is 4.58. The fourth-order valence-electron chi connectivity index (χ4n) is 3.39. The number of benzene rings is 2. The number of allylic oxidation sites excluding steroid dienone is 2. The van der Waals surface area contributed by atoms with E-state index in [0.29, 0.717) is 0 Å². The molecule has 0 bridgehead atoms. The molecule has 0 radical (unpaired) electrons. The van der Waals surface area contributed by atoms with Crippen LogP contribution in [0.1, 0.15) is 50.2 Å². The SMILES string of the molecule is CCCC1CC=C(c2ccc3cc(C)ccc3c2)CC1. The van der Waals surface area contributed by atoms with E-state index in [1.165, 1.54) is 54.0 Å². The lowest BCUT2D eigenvalue weighted by molar-refractivity contribution is 0.445. The Morgan fingerprint density at radius 2 is 1.85 bits per heavy atom. The van der Waals surface area contributed by atoms with Crippen LogP contribution in [0.2, 0.25) is 0 Å². The maximum atomic E-state index is 2.49. The van der Waals surface area contributed by atoms with Gasteiger partial charge >= 0.3 is 0 Å². The Kier molecular flexibility index (Phi) is 3.91. The Morgan fingerprint density at radius 3 is 2.60 bits per heavy atom. The molecular formula is C20H24. The molecule has 0 N–H and O–H groups in total. The van der Waals surface area contributed by atoms with Crippen LogP contribution in [0.3, 0.4) is 0 Å². The highest BCUT2D eigenvalue weighted by molar-refractivity contribution is 5.87. The van der Waals surface area contributed by atoms with Gasteiger partial charge in [-0.25, -0.2) is 0 Å². The van der Waals surface area contributed by atoms with Gasteiger partial charge in [-0.2, -0.15) is 0 Å². The third kappa shape index (κ3) is 2.80. The second-order valence-corrected chi connectivity index (χ2v) is 6.22. The minimum atomic E-state index is 0.923. The quantitative estimate of drug-likeness (QED) is 0.625. The van der Waals surface area contributed by atoms with Crippen molar-refractivity contribution in [3.8, 4) is 0 Å². The second-order valence-electron chi connectivity index (χ2n) is 6.22. The minimum absolute atomic E-state index is 0.923. The summed E-state index contributed by atoms with van der Waals surface area (Å²) in [6.45, 7) is 4.45. The van der Waals surface area contributed by atoms with Gasteiger partial charge in [0, 0.05) is 0 Å². The lowest BCUT2D eigenvalue weighted by Crippen LogP contribution is -2.04. The largest absolute Gasteiger partial charge is 0.0804 e. The van der Waals surface area contributed by atoms with Crippen molar-refractivity contribution < 1.29 is 0 Å². The number of rotatable bonds is 3. The molecule has 0 aromatic heterocycles. The predicted molar refractivity (Wildman–Crippen MR) is 88.9 cm³/mol. The maximum absolute atomic E-state index is 2.49. The van der Waals surface area contributed by atoms with E-state index in [4.69, 9.17) is 0 Å². The first-order valence-corrected chi connectivity index (χ1v) is 7.96. The Morgan fingerprint density at radius 1 is 1.05 bits per heavy atom. The first kappa shape index (κ1) is 13.4. The number of hydrogen-bond acceptors (Lipinski definition) is 0. The average Bonchev–Trinajstić information content (AvgIpc) is 2.48. The molecule has 0 nitrogen and oxygen atoms in total. The van der Waals surface area contributed by atoms with Gasteiger partial charge in [0.2, 0.25) is 0 Å². The zero-order chi connectivity index (χ0) is 13.9. The molecule has 1 atom stereocenters. The molecule has 2 aromatic rings. The summed E-state index contributed by atoms with van der Waals surface area (Å²) in [6.07, 6.45) is 9.09. The number of aryl methyl sites for hydroxylation is 1. The van der Waals surface area contributed by atoms with E-state index in [-0.39, 0.29) is 0 Å². The summed E-state index contributed by atoms with van der Waals surface area (Å²) in [5.41, 5.74) is 4.32. The van der Waals surface area contributed by atoms with Crippen molar-refractivity contribution >= 4 is 16.3 Å². The molecule has 2 aromatic carbocycles. The molecule has 0 aliphatic heterocycles. The molecule has 1 aliphatic carbocycles. The van der Waals surface area contributed by atoms with Crippen LogP contribution in [-0.4, -0.2) is 0 Å². The van der Waals surface area contributed by atoms with E-state index in [0.717, 1.165) is 5.92 Å². The topological polar surface area (TPSA) is 0 Å². The molecule has 1 unspecified atom stereocenters. The molecular weight excluding hydrogens is 240 g/mol. The zero-order valence-electron chi connectivity index (χ0n) is 12.7. The first-order chi connectivity index (χ1) is 9.76. The van der Waals surface area contributed by atoms with Gasteiger partial charge in [-0.3, -0.25) is 0 Å². The van der Waals surface area contributed by atoms with Crippen molar-refractivity contribution in [2.45, 2.75) is 46.0 Å². The molecule has 0 spiro atoms. The van der Waals surface area contributed by atoms with Crippen LogP contribution in [0.5, 0.6) is 0 Å². The van der Waals surface area contributed by atoms with Gasteiger partial charge in [-0.1, -0.05) is 61.7 Å². The standard InChI is InChI=1S/C20H24/c1-3-4-16-6-9-17(10-7-16)19-12-11-18-13-15(2)5-8-20(18)14-19/h5,8-9,11-14,16H,3-4,6-7,10H2,1-2H3. The lowest BCUT2D eigenvalue weighted by Gasteiger charge is -2.21. The van der Waals surface area contributed by atoms with Crippen molar-refractivity contribution in [2.24, 2.45) is 5.92 Å². The lowest BCUT2D eigenvalue weighted by atomic mass is 9.84. The summed E-state index contributed by atoms with van der Waals surface area (Å²) < 4.78 is 0. The zero-order valence-corrected chi connectivity index (χ0v) is 12.7. The Bertz CT molecular complexity index is 634. The van der Waals surface area contributed by atoms with Crippen LogP contribution < -0.4 is 0 Å². The van der Waals surface area contributed by atoms with Crippen molar-refractivity contribution in [3.63, 3.8) is 0 Å². The Balaban J connectivity index is 1.86. The number of hydrogen-bond donors (Lipinski definition) is 0. The molecule has 0 saturated carbocycles. The molecule has 3 rings (SSSR count). The molecule has 1 aliphatic rings. The predicted octanol–water partition coefficient (Wildman–Crippen LogP) is 6.13. The maximum Gasteiger partial charge on any atom is -0.0178 e. The molecule has 0 heteroatoms. The fourth-order valence-corrected chi connectivity index (χ4v) is 3.39. The van der Waals surface area contributed by atoms with Crippen LogP contribution in [0.25, 0.3) is 16.3 Å². The van der Waals surface area contributed by atoms with Crippen LogP contribution in [0, 0.1) is 12.8 Å². The van der Waals surface area contributed by atoms with Gasteiger partial charge in [0.1, 0.15) is 0 Å². The van der Waals surface area contributed by atoms with Crippen molar-refractivity contribution in [1.82, 2.24) is 0 Å². The van der Waals surface area contributed by atoms with E-state index in [2.05, 4.69) is 56.3 Å². The van der Waals surface area contributed by atoms with Gasteiger partial charge in [0.25, 0.3) is 0 Å². The molecule has 0 amide bonds. The normalized spacial score (nSPS) is 19.1. The van der Waals surface area contributed by atoms with Gasteiger partial charge in [-0.15, -0.1) is 0 Å². The molecule has 20 heavy (non-hydrogen) atoms. The summed E-state index contributed by atoms with van der Waals surface area (Å²) in [6, 6.07) is 13.7. The summed E-state index contributed by atoms with van der Waals surface area (Å²) in [5.74, 6) is 0.923. The Labute approximate surface area is 122 Å². The van der Waals surface area contributed by atoms with Crippen LogP contribution in [-0.2, 0) is 0 Å². The van der Waals surface area contributed by atoms with E-state index >= 15 is 0 Å². The van der Waals surface area contributed by atoms with E-state index in [9.17, 15) is 0 Å². The summed E-state index contributed by atoms with van der Waals surface area (Å²) in [4.78, 5) is 0. The molecule has 104 valence electrons. The van der Waals surface area contributed by atoms with Gasteiger partial charge in [0.15, 0.2) is 0 Å². The third-order valence-corrected chi connectivity index (χ3v) is 4.58. The molecule has 0 fully saturated rings. The van der Waals surface area contributed by atoms with E-state index < -0.39 is 0 Å². The average molecular weight is 264 g/mol. The van der Waals surface area contributed by atoms with Crippen molar-refractivity contribution in [2.75, 3.05) is 0 Å². The van der Waals surface area contributed by atoms with E-state index in [1.807, 2.05) is 0 Å². The van der Waals surface area contributed by atoms with Gasteiger partial charge in [0.05, 0.1) is 0 Å². The second kappa shape index (κ2) is 5.83. The minimum Gasteiger partial charge on any atom is -0.0804 e. The van der Waals surface area contributed by atoms with E-state index in [1.54, 1.807) is 5.57 Å². The smallest absolute Gasteiger partial charge is 0.0178 e. The van der Waals surface area contributed by atoms with Crippen LogP contribution >= 0.6 is 0 Å². The van der Waals surface area contributed by atoms with Gasteiger partial charge in [-0.05, 0) is 60.1 Å². The molecule has 0 heterocycles. The highest BCUT2D eigenvalue weighted by Crippen LogP contribution is 2.33. The Hall–Kier alpha value is -1.56. The summed E-state index contributed by atoms with van der Waals surface area (Å²) in [5, 5.41) is 2.72. The summed E-state index contributed by atoms with van der Waals surface area (Å²) >= 11 is 0. The number of fused-ring (bicyclic) bond motifs is 1. The van der Waals surface area contributed by atoms with Gasteiger partial charge < -0.3 is 0 Å². The molecule has 0 saturated heterocycles. The summed E-state index contributed by atoms with van der Waals surface area (Å²) in [7, 11) is 0. The van der Waals surface area contributed by atoms with Crippen molar-refractivity contribution in [3.05, 3.63) is 53.6 Å². The highest BCUT2D eigenvalue weighted by Gasteiger charge is 2.14. The fraction of sp³-hybridized carbons (Fsp3) is 0.400. The van der Waals surface area contributed by atoms with Crippen LogP contribution in [0.4, 0.5) is 0 Å². The van der Waals surface area contributed by atoms with Crippen LogP contribution in [0.15, 0.2) is 42.5 Å². The monoisotopic (exact) mass is 264 g/mol. The highest BCUT2D eigenvalue weighted by atomic mass is 14.2. The first-order valence-electron chi connectivity index (χ1n) is 7.96. The van der Waals surface area contributed by atoms with Crippen molar-refractivity contribution in [1.29, 1.82) is 0 Å².